The fraction of sp³-hybridized carbons (Fsp3) is 0.222. The lowest BCUT2D eigenvalue weighted by atomic mass is 9.91. The van der Waals surface area contributed by atoms with Crippen LogP contribution in [0.1, 0.15) is 29.5 Å². The third kappa shape index (κ3) is 3.89. The molecule has 6 nitrogen and oxygen atoms in total. The zero-order valence-electron chi connectivity index (χ0n) is 18.1. The average Bonchev–Trinajstić information content (AvgIpc) is 3.35. The van der Waals surface area contributed by atoms with Gasteiger partial charge in [-0.3, -0.25) is 9.79 Å². The van der Waals surface area contributed by atoms with Crippen molar-refractivity contribution in [2.45, 2.75) is 25.7 Å². The second-order valence-corrected chi connectivity index (χ2v) is 8.53. The SMILES string of the molecule is O=C1CCc2c(Oc3ccc4c(c3)CC(C3=NC(c5ccccc5)=CC3)CO4)ccnc2N1. The number of benzene rings is 2. The number of aromatic nitrogens is 1. The summed E-state index contributed by atoms with van der Waals surface area (Å²) in [6, 6.07) is 18.1. The van der Waals surface area contributed by atoms with Crippen LogP contribution in [0.2, 0.25) is 0 Å². The summed E-state index contributed by atoms with van der Waals surface area (Å²) in [4.78, 5) is 20.9. The van der Waals surface area contributed by atoms with Crippen molar-refractivity contribution in [1.29, 1.82) is 0 Å². The zero-order chi connectivity index (χ0) is 22.2. The first kappa shape index (κ1) is 19.7. The molecule has 33 heavy (non-hydrogen) atoms. The molecule has 0 spiro atoms. The van der Waals surface area contributed by atoms with Gasteiger partial charge in [-0.1, -0.05) is 36.4 Å². The second kappa shape index (κ2) is 8.20. The Bertz CT molecular complexity index is 1300. The summed E-state index contributed by atoms with van der Waals surface area (Å²) in [6.45, 7) is 0.638. The summed E-state index contributed by atoms with van der Waals surface area (Å²) in [5.74, 6) is 3.20. The first-order valence-electron chi connectivity index (χ1n) is 11.3. The summed E-state index contributed by atoms with van der Waals surface area (Å²) in [5, 5.41) is 2.82. The minimum atomic E-state index is -0.0103. The number of nitrogens with one attached hydrogen (secondary N) is 1. The average molecular weight is 437 g/mol. The maximum atomic E-state index is 11.7. The molecular weight excluding hydrogens is 414 g/mol. The monoisotopic (exact) mass is 437 g/mol. The van der Waals surface area contributed by atoms with Gasteiger partial charge in [-0.05, 0) is 48.2 Å². The van der Waals surface area contributed by atoms with Crippen LogP contribution in [0.5, 0.6) is 17.2 Å². The Kier molecular flexibility index (Phi) is 4.91. The maximum absolute atomic E-state index is 11.7. The van der Waals surface area contributed by atoms with Gasteiger partial charge in [-0.25, -0.2) is 4.98 Å². The fourth-order valence-corrected chi connectivity index (χ4v) is 4.62. The van der Waals surface area contributed by atoms with Crippen LogP contribution in [0.15, 0.2) is 71.9 Å². The van der Waals surface area contributed by atoms with Gasteiger partial charge in [-0.2, -0.15) is 0 Å². The molecule has 0 saturated carbocycles. The number of fused-ring (bicyclic) bond motifs is 2. The van der Waals surface area contributed by atoms with Crippen LogP contribution < -0.4 is 14.8 Å². The van der Waals surface area contributed by atoms with E-state index >= 15 is 0 Å². The van der Waals surface area contributed by atoms with E-state index in [1.807, 2.05) is 36.4 Å². The van der Waals surface area contributed by atoms with Crippen LogP contribution in [-0.2, 0) is 17.6 Å². The number of ether oxygens (including phenoxy) is 2. The summed E-state index contributed by atoms with van der Waals surface area (Å²) in [5.41, 5.74) is 5.42. The largest absolute Gasteiger partial charge is 0.493 e. The highest BCUT2D eigenvalue weighted by Crippen LogP contribution is 2.37. The molecule has 1 amide bonds. The molecule has 164 valence electrons. The van der Waals surface area contributed by atoms with Crippen LogP contribution in [0.4, 0.5) is 5.82 Å². The predicted molar refractivity (Wildman–Crippen MR) is 127 cm³/mol. The number of allylic oxidation sites excluding steroid dienone is 1. The topological polar surface area (TPSA) is 72.8 Å². The first-order valence-corrected chi connectivity index (χ1v) is 11.3. The molecule has 1 unspecified atom stereocenters. The number of rotatable bonds is 4. The number of hydrogen-bond acceptors (Lipinski definition) is 5. The van der Waals surface area contributed by atoms with E-state index in [9.17, 15) is 4.79 Å². The molecule has 2 aromatic carbocycles. The van der Waals surface area contributed by atoms with Crippen molar-refractivity contribution < 1.29 is 14.3 Å². The normalized spacial score (nSPS) is 18.9. The Morgan fingerprint density at radius 3 is 2.88 bits per heavy atom. The van der Waals surface area contributed by atoms with Crippen molar-refractivity contribution in [3.63, 3.8) is 0 Å². The number of anilines is 1. The maximum Gasteiger partial charge on any atom is 0.225 e. The molecule has 0 radical (unpaired) electrons. The molecule has 3 aliphatic rings. The molecule has 4 heterocycles. The minimum absolute atomic E-state index is 0.0103. The second-order valence-electron chi connectivity index (χ2n) is 8.53. The molecule has 0 bridgehead atoms. The number of aliphatic imine (C=N–C) groups is 1. The summed E-state index contributed by atoms with van der Waals surface area (Å²) in [7, 11) is 0. The third-order valence-corrected chi connectivity index (χ3v) is 6.35. The Morgan fingerprint density at radius 1 is 1.06 bits per heavy atom. The molecule has 6 heteroatoms. The van der Waals surface area contributed by atoms with Crippen molar-refractivity contribution in [1.82, 2.24) is 4.98 Å². The van der Waals surface area contributed by atoms with Crippen molar-refractivity contribution in [3.8, 4) is 17.2 Å². The van der Waals surface area contributed by atoms with E-state index in [1.165, 1.54) is 5.71 Å². The minimum Gasteiger partial charge on any atom is -0.493 e. The van der Waals surface area contributed by atoms with Crippen molar-refractivity contribution >= 4 is 23.1 Å². The van der Waals surface area contributed by atoms with Gasteiger partial charge in [0.15, 0.2) is 0 Å². The zero-order valence-corrected chi connectivity index (χ0v) is 18.1. The number of nitrogens with zero attached hydrogens (tertiary/aromatic N) is 2. The summed E-state index contributed by atoms with van der Waals surface area (Å²) >= 11 is 0. The number of carbonyl (C=O) groups is 1. The molecule has 3 aliphatic heterocycles. The van der Waals surface area contributed by atoms with E-state index in [-0.39, 0.29) is 11.8 Å². The Hall–Kier alpha value is -3.93. The van der Waals surface area contributed by atoms with Crippen LogP contribution in [0.3, 0.4) is 0 Å². The lowest BCUT2D eigenvalue weighted by molar-refractivity contribution is -0.116. The van der Waals surface area contributed by atoms with Gasteiger partial charge >= 0.3 is 0 Å². The van der Waals surface area contributed by atoms with Crippen LogP contribution in [0, 0.1) is 5.92 Å². The van der Waals surface area contributed by atoms with Crippen molar-refractivity contribution in [2.24, 2.45) is 10.9 Å². The van der Waals surface area contributed by atoms with Crippen LogP contribution in [0.25, 0.3) is 5.70 Å². The fourth-order valence-electron chi connectivity index (χ4n) is 4.62. The molecule has 3 aromatic rings. The highest BCUT2D eigenvalue weighted by atomic mass is 16.5. The molecule has 6 rings (SSSR count). The Balaban J connectivity index is 1.21. The highest BCUT2D eigenvalue weighted by Gasteiger charge is 2.27. The molecule has 0 saturated heterocycles. The molecule has 1 N–H and O–H groups in total. The third-order valence-electron chi connectivity index (χ3n) is 6.35. The van der Waals surface area contributed by atoms with Gasteiger partial charge in [-0.15, -0.1) is 0 Å². The quantitative estimate of drug-likeness (QED) is 0.609. The molecular formula is C27H23N3O3. The van der Waals surface area contributed by atoms with Gasteiger partial charge in [0.25, 0.3) is 0 Å². The molecule has 0 aliphatic carbocycles. The van der Waals surface area contributed by atoms with E-state index in [4.69, 9.17) is 14.5 Å². The van der Waals surface area contributed by atoms with Gasteiger partial charge in [0, 0.05) is 36.2 Å². The van der Waals surface area contributed by atoms with Gasteiger partial charge in [0.1, 0.15) is 23.1 Å². The summed E-state index contributed by atoms with van der Waals surface area (Å²) < 4.78 is 12.3. The van der Waals surface area contributed by atoms with Gasteiger partial charge in [0.05, 0.1) is 12.3 Å². The lowest BCUT2D eigenvalue weighted by Crippen LogP contribution is -2.27. The predicted octanol–water partition coefficient (Wildman–Crippen LogP) is 5.20. The highest BCUT2D eigenvalue weighted by molar-refractivity contribution is 5.97. The first-order chi connectivity index (χ1) is 16.2. The number of hydrogen-bond donors (Lipinski definition) is 1. The standard InChI is InChI=1S/C27H23N3O3/c31-26-11-7-21-25(12-13-28-27(21)30-26)33-20-6-10-24-18(15-20)14-19(16-32-24)23-9-8-22(29-23)17-4-2-1-3-5-17/h1-6,8,10,12-13,15,19H,7,9,11,14,16H2,(H,28,30,31). The number of pyridine rings is 1. The number of carbonyl (C=O) groups excluding carboxylic acids is 1. The van der Waals surface area contributed by atoms with E-state index in [0.29, 0.717) is 25.3 Å². The summed E-state index contributed by atoms with van der Waals surface area (Å²) in [6.07, 6.45) is 6.65. The van der Waals surface area contributed by atoms with E-state index in [1.54, 1.807) is 6.20 Å². The van der Waals surface area contributed by atoms with Crippen LogP contribution in [-0.4, -0.2) is 23.2 Å². The number of amides is 1. The van der Waals surface area contributed by atoms with E-state index < -0.39 is 0 Å². The van der Waals surface area contributed by atoms with Crippen molar-refractivity contribution in [3.05, 3.63) is 83.6 Å². The van der Waals surface area contributed by atoms with Gasteiger partial charge < -0.3 is 14.8 Å². The molecule has 1 aromatic heterocycles. The Labute approximate surface area is 192 Å². The molecule has 0 fully saturated rings. The lowest BCUT2D eigenvalue weighted by Gasteiger charge is -2.26. The van der Waals surface area contributed by atoms with Crippen LogP contribution >= 0.6 is 0 Å². The van der Waals surface area contributed by atoms with Crippen molar-refractivity contribution in [2.75, 3.05) is 11.9 Å². The van der Waals surface area contributed by atoms with E-state index in [2.05, 4.69) is 34.6 Å². The molecule has 1 atom stereocenters. The smallest absolute Gasteiger partial charge is 0.225 e. The van der Waals surface area contributed by atoms with Gasteiger partial charge in [0.2, 0.25) is 5.91 Å². The Morgan fingerprint density at radius 2 is 1.97 bits per heavy atom. The van der Waals surface area contributed by atoms with E-state index in [0.717, 1.165) is 52.5 Å².